The second kappa shape index (κ2) is 12.5. The highest BCUT2D eigenvalue weighted by molar-refractivity contribution is 8.00. The van der Waals surface area contributed by atoms with Crippen molar-refractivity contribution in [1.29, 1.82) is 5.41 Å². The van der Waals surface area contributed by atoms with Gasteiger partial charge >= 0.3 is 6.09 Å². The van der Waals surface area contributed by atoms with Gasteiger partial charge in [0.05, 0.1) is 12.4 Å². The fourth-order valence-corrected chi connectivity index (χ4v) is 5.82. The number of ether oxygens (including phenoxy) is 1. The third-order valence-electron chi connectivity index (χ3n) is 6.61. The molecule has 188 valence electrons. The number of thioether (sulfide) groups is 1. The molecule has 0 aromatic carbocycles. The van der Waals surface area contributed by atoms with Crippen LogP contribution in [0.25, 0.3) is 0 Å². The van der Waals surface area contributed by atoms with E-state index in [1.807, 2.05) is 20.8 Å². The highest BCUT2D eigenvalue weighted by Crippen LogP contribution is 2.32. The molecular weight excluding hydrogens is 442 g/mol. The van der Waals surface area contributed by atoms with E-state index in [0.717, 1.165) is 18.6 Å². The molecule has 1 saturated heterocycles. The third kappa shape index (κ3) is 7.52. The Hall–Kier alpha value is -1.97. The molecule has 0 aromatic heterocycles. The summed E-state index contributed by atoms with van der Waals surface area (Å²) in [5, 5.41) is 13.7. The third-order valence-corrected chi connectivity index (χ3v) is 7.88. The molecule has 0 radical (unpaired) electrons. The van der Waals surface area contributed by atoms with Crippen LogP contribution in [-0.2, 0) is 14.3 Å². The summed E-state index contributed by atoms with van der Waals surface area (Å²) in [5.74, 6) is 0.235. The molecule has 9 nitrogen and oxygen atoms in total. The Kier molecular flexibility index (Phi) is 10.3. The molecule has 33 heavy (non-hydrogen) atoms. The number of amides is 3. The first-order valence-electron chi connectivity index (χ1n) is 12.1. The van der Waals surface area contributed by atoms with Crippen LogP contribution in [0.1, 0.15) is 66.2 Å². The standard InChI is InChI=1S/C23H41N5O4S/c1-5-32-22(31)27-18(23(3,4)33-6-2)21(30)28-14-16(19(24)25)12-17(28)20(29)26-13-15-10-8-7-9-11-15/h15-18H,5-14H2,1-4H3,(H3,24,25)(H,26,29)(H,27,31)/t16-,17+,18+/m1/s1. The number of likely N-dealkylation sites (tertiary alicyclic amines) is 1. The van der Waals surface area contributed by atoms with Crippen molar-refractivity contribution in [3.8, 4) is 0 Å². The van der Waals surface area contributed by atoms with Crippen molar-refractivity contribution in [3.05, 3.63) is 0 Å². The van der Waals surface area contributed by atoms with Crippen LogP contribution in [0, 0.1) is 17.2 Å². The van der Waals surface area contributed by atoms with Gasteiger partial charge in [-0.05, 0) is 51.7 Å². The number of hydrogen-bond acceptors (Lipinski definition) is 6. The van der Waals surface area contributed by atoms with Crippen LogP contribution >= 0.6 is 11.8 Å². The molecule has 10 heteroatoms. The second-order valence-electron chi connectivity index (χ2n) is 9.48. The zero-order chi connectivity index (χ0) is 24.6. The van der Waals surface area contributed by atoms with E-state index < -0.39 is 22.9 Å². The summed E-state index contributed by atoms with van der Waals surface area (Å²) in [4.78, 5) is 40.6. The Labute approximate surface area is 201 Å². The van der Waals surface area contributed by atoms with Crippen LogP contribution in [-0.4, -0.2) is 70.9 Å². The molecule has 1 heterocycles. The van der Waals surface area contributed by atoms with E-state index in [4.69, 9.17) is 15.9 Å². The smallest absolute Gasteiger partial charge is 0.407 e. The Balaban J connectivity index is 2.21. The summed E-state index contributed by atoms with van der Waals surface area (Å²) in [6.45, 7) is 8.46. The number of nitrogens with zero attached hydrogens (tertiary/aromatic N) is 1. The zero-order valence-corrected chi connectivity index (χ0v) is 21.3. The number of amidine groups is 1. The average molecular weight is 484 g/mol. The number of carbonyl (C=O) groups excluding carboxylic acids is 3. The number of carbonyl (C=O) groups is 3. The number of nitrogens with one attached hydrogen (secondary N) is 3. The topological polar surface area (TPSA) is 138 Å². The molecule has 1 aliphatic heterocycles. The van der Waals surface area contributed by atoms with Gasteiger partial charge in [0.15, 0.2) is 0 Å². The van der Waals surface area contributed by atoms with Crippen molar-refractivity contribution in [3.63, 3.8) is 0 Å². The normalized spacial score (nSPS) is 22.5. The summed E-state index contributed by atoms with van der Waals surface area (Å²) in [6.07, 6.45) is 5.48. The first-order chi connectivity index (χ1) is 15.6. The van der Waals surface area contributed by atoms with Crippen LogP contribution in [0.5, 0.6) is 0 Å². The Morgan fingerprint density at radius 3 is 2.45 bits per heavy atom. The van der Waals surface area contributed by atoms with Gasteiger partial charge in [-0.2, -0.15) is 11.8 Å². The van der Waals surface area contributed by atoms with Crippen molar-refractivity contribution in [1.82, 2.24) is 15.5 Å². The lowest BCUT2D eigenvalue weighted by Gasteiger charge is -2.37. The summed E-state index contributed by atoms with van der Waals surface area (Å²) in [6, 6.07) is -1.61. The highest BCUT2D eigenvalue weighted by Gasteiger charge is 2.47. The van der Waals surface area contributed by atoms with E-state index in [0.29, 0.717) is 18.9 Å². The minimum Gasteiger partial charge on any atom is -0.450 e. The maximum absolute atomic E-state index is 13.7. The van der Waals surface area contributed by atoms with Crippen LogP contribution in [0.2, 0.25) is 0 Å². The molecule has 2 fully saturated rings. The summed E-state index contributed by atoms with van der Waals surface area (Å²) in [5.41, 5.74) is 5.76. The lowest BCUT2D eigenvalue weighted by atomic mass is 9.89. The van der Waals surface area contributed by atoms with Gasteiger partial charge < -0.3 is 26.0 Å². The Bertz CT molecular complexity index is 711. The molecule has 2 rings (SSSR count). The fraction of sp³-hybridized carbons (Fsp3) is 0.826. The van der Waals surface area contributed by atoms with Crippen LogP contribution in [0.4, 0.5) is 4.79 Å². The van der Waals surface area contributed by atoms with Gasteiger partial charge in [0.25, 0.3) is 0 Å². The Morgan fingerprint density at radius 2 is 1.88 bits per heavy atom. The molecule has 0 bridgehead atoms. The maximum atomic E-state index is 13.7. The van der Waals surface area contributed by atoms with Crippen molar-refractivity contribution < 1.29 is 19.1 Å². The molecule has 1 aliphatic carbocycles. The summed E-state index contributed by atoms with van der Waals surface area (Å²) >= 11 is 1.55. The van der Waals surface area contributed by atoms with E-state index >= 15 is 0 Å². The minimum atomic E-state index is -0.888. The SMILES string of the molecule is CCOC(=O)N[C@@H](C(=O)N1C[C@H](C(=N)N)C[C@H]1C(=O)NCC1CCCCC1)C(C)(C)SCC. The molecule has 5 N–H and O–H groups in total. The van der Waals surface area contributed by atoms with Gasteiger partial charge in [0.2, 0.25) is 11.8 Å². The summed E-state index contributed by atoms with van der Waals surface area (Å²) < 4.78 is 4.41. The van der Waals surface area contributed by atoms with Crippen molar-refractivity contribution in [2.45, 2.75) is 83.1 Å². The predicted molar refractivity (Wildman–Crippen MR) is 131 cm³/mol. The number of nitrogens with two attached hydrogens (primary N) is 1. The molecule has 0 aromatic rings. The molecule has 1 saturated carbocycles. The van der Waals surface area contributed by atoms with Crippen molar-refractivity contribution in [2.75, 3.05) is 25.4 Å². The lowest BCUT2D eigenvalue weighted by molar-refractivity contribution is -0.140. The summed E-state index contributed by atoms with van der Waals surface area (Å²) in [7, 11) is 0. The largest absolute Gasteiger partial charge is 0.450 e. The lowest BCUT2D eigenvalue weighted by Crippen LogP contribution is -2.60. The first-order valence-corrected chi connectivity index (χ1v) is 13.1. The molecule has 0 unspecified atom stereocenters. The molecule has 3 atom stereocenters. The quantitative estimate of drug-likeness (QED) is 0.278. The van der Waals surface area contributed by atoms with E-state index in [1.54, 1.807) is 18.7 Å². The van der Waals surface area contributed by atoms with E-state index in [9.17, 15) is 14.4 Å². The second-order valence-corrected chi connectivity index (χ2v) is 11.4. The predicted octanol–water partition coefficient (Wildman–Crippen LogP) is 2.48. The van der Waals surface area contributed by atoms with E-state index in [2.05, 4.69) is 10.6 Å². The Morgan fingerprint density at radius 1 is 1.21 bits per heavy atom. The van der Waals surface area contributed by atoms with Gasteiger partial charge in [0, 0.05) is 23.8 Å². The van der Waals surface area contributed by atoms with E-state index in [-0.39, 0.29) is 36.7 Å². The van der Waals surface area contributed by atoms with Gasteiger partial charge in [-0.15, -0.1) is 0 Å². The van der Waals surface area contributed by atoms with Crippen LogP contribution in [0.15, 0.2) is 0 Å². The van der Waals surface area contributed by atoms with Crippen LogP contribution < -0.4 is 16.4 Å². The van der Waals surface area contributed by atoms with Crippen LogP contribution in [0.3, 0.4) is 0 Å². The van der Waals surface area contributed by atoms with Gasteiger partial charge in [-0.25, -0.2) is 4.79 Å². The zero-order valence-electron chi connectivity index (χ0n) is 20.4. The highest BCUT2D eigenvalue weighted by atomic mass is 32.2. The number of rotatable bonds is 10. The van der Waals surface area contributed by atoms with Gasteiger partial charge in [-0.3, -0.25) is 15.0 Å². The molecule has 2 aliphatic rings. The number of alkyl carbamates (subject to hydrolysis) is 1. The van der Waals surface area contributed by atoms with E-state index in [1.165, 1.54) is 24.2 Å². The van der Waals surface area contributed by atoms with Gasteiger partial charge in [0.1, 0.15) is 12.1 Å². The van der Waals surface area contributed by atoms with Crippen molar-refractivity contribution >= 4 is 35.5 Å². The molecular formula is C23H41N5O4S. The molecule has 3 amide bonds. The average Bonchev–Trinajstić information content (AvgIpc) is 3.22. The maximum Gasteiger partial charge on any atom is 0.407 e. The van der Waals surface area contributed by atoms with Crippen molar-refractivity contribution in [2.24, 2.45) is 17.6 Å². The monoisotopic (exact) mass is 483 g/mol. The first kappa shape index (κ1) is 27.3. The molecule has 0 spiro atoms. The minimum absolute atomic E-state index is 0.0347. The van der Waals surface area contributed by atoms with Gasteiger partial charge in [-0.1, -0.05) is 26.2 Å². The fourth-order valence-electron chi connectivity index (χ4n) is 4.75. The number of hydrogen-bond donors (Lipinski definition) is 4.